The first kappa shape index (κ1) is 22.7. The first-order chi connectivity index (χ1) is 13.5. The zero-order valence-electron chi connectivity index (χ0n) is 17.1. The van der Waals surface area contributed by atoms with Crippen LogP contribution in [0.4, 0.5) is 0 Å². The van der Waals surface area contributed by atoms with Crippen molar-refractivity contribution in [1.29, 1.82) is 0 Å². The molecule has 9 heteroatoms. The van der Waals surface area contributed by atoms with E-state index in [2.05, 4.69) is 22.4 Å². The summed E-state index contributed by atoms with van der Waals surface area (Å²) in [4.78, 5) is 28.6. The number of rotatable bonds is 9. The van der Waals surface area contributed by atoms with E-state index < -0.39 is 0 Å². The molecule has 0 unspecified atom stereocenters. The van der Waals surface area contributed by atoms with Gasteiger partial charge in [0, 0.05) is 33.5 Å². The molecule has 0 radical (unpaired) electrons. The highest BCUT2D eigenvalue weighted by atomic mass is 35.5. The average molecular weight is 422 g/mol. The summed E-state index contributed by atoms with van der Waals surface area (Å²) in [5.41, 5.74) is 1.57. The highest BCUT2D eigenvalue weighted by molar-refractivity contribution is 5.69. The standard InChI is InChI=1S/C20H27N5O3.ClH/c1-23-18-17(19(26)24(2)20(23)27)25(14-22-18)12-6-11-21-10-5-8-15-7-4-9-16(13-15)28-3;/h4,7,9,13-14,21H,5-6,8,10-12H2,1-3H3;1H. The topological polar surface area (TPSA) is 87.7 Å². The molecule has 0 saturated carbocycles. The molecule has 0 aliphatic heterocycles. The van der Waals surface area contributed by atoms with Crippen LogP contribution in [0, 0.1) is 0 Å². The number of aromatic nitrogens is 4. The molecule has 0 spiro atoms. The van der Waals surface area contributed by atoms with E-state index in [-0.39, 0.29) is 23.7 Å². The maximum atomic E-state index is 12.4. The molecule has 8 nitrogen and oxygen atoms in total. The van der Waals surface area contributed by atoms with Gasteiger partial charge in [0.05, 0.1) is 26.5 Å². The van der Waals surface area contributed by atoms with Gasteiger partial charge in [0.15, 0.2) is 11.2 Å². The van der Waals surface area contributed by atoms with Crippen LogP contribution in [0.25, 0.3) is 11.2 Å². The van der Waals surface area contributed by atoms with Crippen LogP contribution in [0.3, 0.4) is 0 Å². The molecule has 0 amide bonds. The normalized spacial score (nSPS) is 10.9. The van der Waals surface area contributed by atoms with Crippen LogP contribution in [-0.2, 0) is 27.1 Å². The van der Waals surface area contributed by atoms with E-state index in [0.29, 0.717) is 17.7 Å². The van der Waals surface area contributed by atoms with Crippen molar-refractivity contribution < 1.29 is 22.5 Å². The lowest BCUT2D eigenvalue weighted by molar-refractivity contribution is -0.655. The minimum absolute atomic E-state index is 0. The predicted molar refractivity (Wildman–Crippen MR) is 108 cm³/mol. The number of quaternary nitrogens is 1. The average Bonchev–Trinajstić information content (AvgIpc) is 3.14. The summed E-state index contributed by atoms with van der Waals surface area (Å²) in [6.45, 7) is 2.73. The number of nitrogens with two attached hydrogens (primary N) is 1. The fourth-order valence-corrected chi connectivity index (χ4v) is 3.40. The van der Waals surface area contributed by atoms with Crippen LogP contribution < -0.4 is 33.7 Å². The maximum absolute atomic E-state index is 12.4. The van der Waals surface area contributed by atoms with Crippen LogP contribution in [0.1, 0.15) is 18.4 Å². The monoisotopic (exact) mass is 421 g/mol. The van der Waals surface area contributed by atoms with Crippen LogP contribution >= 0.6 is 0 Å². The second-order valence-corrected chi connectivity index (χ2v) is 6.99. The van der Waals surface area contributed by atoms with Crippen molar-refractivity contribution in [3.8, 4) is 5.75 Å². The van der Waals surface area contributed by atoms with E-state index in [0.717, 1.165) is 42.7 Å². The van der Waals surface area contributed by atoms with Crippen LogP contribution in [0.5, 0.6) is 5.75 Å². The first-order valence-electron chi connectivity index (χ1n) is 9.58. The molecule has 1 aromatic carbocycles. The number of fused-ring (bicyclic) bond motifs is 1. The summed E-state index contributed by atoms with van der Waals surface area (Å²) in [6.07, 6.45) is 4.71. The highest BCUT2D eigenvalue weighted by Crippen LogP contribution is 2.13. The van der Waals surface area contributed by atoms with E-state index in [9.17, 15) is 9.59 Å². The number of halogens is 1. The van der Waals surface area contributed by atoms with Crippen LogP contribution in [0.2, 0.25) is 0 Å². The number of hydrogen-bond acceptors (Lipinski definition) is 4. The number of aryl methyl sites for hydroxylation is 3. The van der Waals surface area contributed by atoms with Gasteiger partial charge in [-0.3, -0.25) is 13.9 Å². The number of hydrogen-bond donors (Lipinski definition) is 1. The Bertz CT molecular complexity index is 1070. The predicted octanol–water partition coefficient (Wildman–Crippen LogP) is -2.97. The van der Waals surface area contributed by atoms with Crippen molar-refractivity contribution in [2.45, 2.75) is 25.8 Å². The third kappa shape index (κ3) is 5.07. The van der Waals surface area contributed by atoms with E-state index in [1.165, 1.54) is 17.2 Å². The zero-order valence-corrected chi connectivity index (χ0v) is 17.9. The second-order valence-electron chi connectivity index (χ2n) is 6.99. The summed E-state index contributed by atoms with van der Waals surface area (Å²) in [5.74, 6) is 0.901. The Kier molecular flexibility index (Phi) is 8.04. The fraction of sp³-hybridized carbons (Fsp3) is 0.450. The van der Waals surface area contributed by atoms with Gasteiger partial charge in [0.1, 0.15) is 5.75 Å². The van der Waals surface area contributed by atoms with Gasteiger partial charge < -0.3 is 27.0 Å². The van der Waals surface area contributed by atoms with Crippen molar-refractivity contribution in [3.05, 3.63) is 57.0 Å². The Morgan fingerprint density at radius 2 is 1.86 bits per heavy atom. The Morgan fingerprint density at radius 3 is 2.62 bits per heavy atom. The Morgan fingerprint density at radius 1 is 1.10 bits per heavy atom. The van der Waals surface area contributed by atoms with Crippen molar-refractivity contribution in [2.24, 2.45) is 14.1 Å². The summed E-state index contributed by atoms with van der Waals surface area (Å²) in [5, 5.41) is 2.30. The summed E-state index contributed by atoms with van der Waals surface area (Å²) in [6, 6.07) is 8.19. The minimum Gasteiger partial charge on any atom is -1.00 e. The molecule has 0 fully saturated rings. The fourth-order valence-electron chi connectivity index (χ4n) is 3.40. The Labute approximate surface area is 175 Å². The molecule has 3 aromatic rings. The van der Waals surface area contributed by atoms with Gasteiger partial charge in [-0.15, -0.1) is 0 Å². The van der Waals surface area contributed by atoms with Gasteiger partial charge in [-0.2, -0.15) is 0 Å². The lowest BCUT2D eigenvalue weighted by atomic mass is 10.1. The molecule has 2 heterocycles. The zero-order chi connectivity index (χ0) is 20.1. The number of imidazole rings is 1. The van der Waals surface area contributed by atoms with Crippen LogP contribution in [-0.4, -0.2) is 38.9 Å². The first-order valence-corrected chi connectivity index (χ1v) is 9.58. The van der Waals surface area contributed by atoms with E-state index in [1.807, 2.05) is 16.7 Å². The molecule has 0 aliphatic carbocycles. The van der Waals surface area contributed by atoms with Crippen molar-refractivity contribution in [1.82, 2.24) is 18.7 Å². The summed E-state index contributed by atoms with van der Waals surface area (Å²) in [7, 11) is 4.82. The summed E-state index contributed by atoms with van der Waals surface area (Å²) < 4.78 is 9.65. The molecular weight excluding hydrogens is 394 g/mol. The van der Waals surface area contributed by atoms with E-state index in [1.54, 1.807) is 20.5 Å². The van der Waals surface area contributed by atoms with Gasteiger partial charge >= 0.3 is 5.69 Å². The number of ether oxygens (including phenoxy) is 1. The van der Waals surface area contributed by atoms with Gasteiger partial charge in [0.25, 0.3) is 5.56 Å². The number of methoxy groups -OCH3 is 1. The van der Waals surface area contributed by atoms with Crippen LogP contribution in [0.15, 0.2) is 40.2 Å². The third-order valence-electron chi connectivity index (χ3n) is 5.03. The van der Waals surface area contributed by atoms with Crippen molar-refractivity contribution in [3.63, 3.8) is 0 Å². The lowest BCUT2D eigenvalue weighted by Gasteiger charge is -2.07. The van der Waals surface area contributed by atoms with E-state index in [4.69, 9.17) is 4.74 Å². The molecule has 2 N–H and O–H groups in total. The SMILES string of the molecule is COc1cccc(CCC[NH2+]CCCn2cnc3c2c(=O)n(C)c(=O)n3C)c1.[Cl-]. The van der Waals surface area contributed by atoms with Gasteiger partial charge in [-0.25, -0.2) is 9.78 Å². The number of benzene rings is 1. The smallest absolute Gasteiger partial charge is 0.332 e. The van der Waals surface area contributed by atoms with Gasteiger partial charge in [0.2, 0.25) is 0 Å². The Hall–Kier alpha value is -2.58. The molecule has 29 heavy (non-hydrogen) atoms. The molecule has 2 aromatic heterocycles. The third-order valence-corrected chi connectivity index (χ3v) is 5.03. The van der Waals surface area contributed by atoms with Crippen molar-refractivity contribution in [2.75, 3.05) is 20.2 Å². The van der Waals surface area contributed by atoms with E-state index >= 15 is 0 Å². The number of nitrogens with zero attached hydrogens (tertiary/aromatic N) is 4. The quantitative estimate of drug-likeness (QED) is 0.374. The largest absolute Gasteiger partial charge is 1.00 e. The molecule has 0 atom stereocenters. The van der Waals surface area contributed by atoms with Gasteiger partial charge in [-0.1, -0.05) is 12.1 Å². The molecule has 158 valence electrons. The molecule has 0 bridgehead atoms. The summed E-state index contributed by atoms with van der Waals surface area (Å²) >= 11 is 0. The second kappa shape index (κ2) is 10.3. The molecular formula is C20H28ClN5O3. The highest BCUT2D eigenvalue weighted by Gasteiger charge is 2.13. The minimum atomic E-state index is -0.355. The molecule has 0 aliphatic rings. The van der Waals surface area contributed by atoms with Crippen molar-refractivity contribution >= 4 is 11.2 Å². The lowest BCUT2D eigenvalue weighted by Crippen LogP contribution is -3.00. The molecule has 0 saturated heterocycles. The van der Waals surface area contributed by atoms with Gasteiger partial charge in [-0.05, 0) is 24.1 Å². The molecule has 3 rings (SSSR count). The Balaban J connectivity index is 0.00000300. The maximum Gasteiger partial charge on any atom is 0.332 e.